The maximum Gasteiger partial charge on any atom is 0.404 e. The van der Waals surface area contributed by atoms with E-state index >= 15 is 0 Å². The predicted octanol–water partition coefficient (Wildman–Crippen LogP) is -0.183. The van der Waals surface area contributed by atoms with Crippen molar-refractivity contribution in [2.45, 2.75) is 18.9 Å². The Morgan fingerprint density at radius 1 is 1.39 bits per heavy atom. The third-order valence-electron chi connectivity index (χ3n) is 2.93. The molecule has 0 saturated carbocycles. The zero-order chi connectivity index (χ0) is 13.5. The molecule has 7 nitrogen and oxygen atoms in total. The van der Waals surface area contributed by atoms with Crippen LogP contribution < -0.4 is 11.1 Å². The van der Waals surface area contributed by atoms with Crippen molar-refractivity contribution in [1.82, 2.24) is 15.1 Å². The van der Waals surface area contributed by atoms with Gasteiger partial charge in [-0.2, -0.15) is 0 Å². The van der Waals surface area contributed by atoms with Gasteiger partial charge in [-0.15, -0.1) is 0 Å². The van der Waals surface area contributed by atoms with Crippen LogP contribution in [0.25, 0.3) is 0 Å². The molecule has 0 bridgehead atoms. The fourth-order valence-corrected chi connectivity index (χ4v) is 1.97. The van der Waals surface area contributed by atoms with Crippen LogP contribution in [0.4, 0.5) is 9.59 Å². The van der Waals surface area contributed by atoms with E-state index in [4.69, 9.17) is 5.73 Å². The fourth-order valence-electron chi connectivity index (χ4n) is 1.97. The second-order valence-electron chi connectivity index (χ2n) is 4.56. The average Bonchev–Trinajstić information content (AvgIpc) is 2.34. The molecular formula is C11H22N4O3. The molecule has 1 fully saturated rings. The number of urea groups is 1. The van der Waals surface area contributed by atoms with E-state index in [1.54, 1.807) is 19.0 Å². The average molecular weight is 258 g/mol. The van der Waals surface area contributed by atoms with E-state index in [-0.39, 0.29) is 12.6 Å². The smallest absolute Gasteiger partial charge is 0.404 e. The van der Waals surface area contributed by atoms with Crippen LogP contribution in [0, 0.1) is 0 Å². The first kappa shape index (κ1) is 14.6. The summed E-state index contributed by atoms with van der Waals surface area (Å²) in [5.41, 5.74) is 4.85. The normalized spacial score (nSPS) is 16.4. The number of nitrogens with two attached hydrogens (primary N) is 1. The number of hydrogen-bond donors (Lipinski definition) is 2. The molecule has 0 radical (unpaired) electrons. The zero-order valence-electron chi connectivity index (χ0n) is 11.0. The summed E-state index contributed by atoms with van der Waals surface area (Å²) in [6.45, 7) is 2.39. The molecule has 3 amide bonds. The molecular weight excluding hydrogens is 236 g/mol. The SMILES string of the molecule is CN(C)C(=O)N1CCC(NCCOC(N)=O)CC1. The number of carbonyl (C=O) groups excluding carboxylic acids is 2. The van der Waals surface area contributed by atoms with E-state index in [9.17, 15) is 9.59 Å². The quantitative estimate of drug-likeness (QED) is 0.685. The lowest BCUT2D eigenvalue weighted by molar-refractivity contribution is 0.143. The topological polar surface area (TPSA) is 87.9 Å². The molecule has 0 aromatic heterocycles. The van der Waals surface area contributed by atoms with Crippen molar-refractivity contribution in [1.29, 1.82) is 0 Å². The van der Waals surface area contributed by atoms with Gasteiger partial charge in [0.25, 0.3) is 0 Å². The summed E-state index contributed by atoms with van der Waals surface area (Å²) in [6, 6.07) is 0.429. The minimum Gasteiger partial charge on any atom is -0.448 e. The Bertz CT molecular complexity index is 288. The highest BCUT2D eigenvalue weighted by Crippen LogP contribution is 2.11. The summed E-state index contributed by atoms with van der Waals surface area (Å²) >= 11 is 0. The first-order valence-corrected chi connectivity index (χ1v) is 6.12. The van der Waals surface area contributed by atoms with E-state index in [1.807, 2.05) is 4.90 Å². The van der Waals surface area contributed by atoms with Crippen molar-refractivity contribution in [2.75, 3.05) is 40.3 Å². The van der Waals surface area contributed by atoms with Crippen LogP contribution in [-0.4, -0.2) is 68.3 Å². The van der Waals surface area contributed by atoms with Crippen molar-refractivity contribution in [3.8, 4) is 0 Å². The van der Waals surface area contributed by atoms with Gasteiger partial charge in [0.2, 0.25) is 0 Å². The number of likely N-dealkylation sites (tertiary alicyclic amines) is 1. The van der Waals surface area contributed by atoms with Crippen LogP contribution in [-0.2, 0) is 4.74 Å². The van der Waals surface area contributed by atoms with Crippen molar-refractivity contribution >= 4 is 12.1 Å². The molecule has 0 aromatic rings. The zero-order valence-corrected chi connectivity index (χ0v) is 11.0. The standard InChI is InChI=1S/C11H22N4O3/c1-14(2)11(17)15-6-3-9(4-7-15)13-5-8-18-10(12)16/h9,13H,3-8H2,1-2H3,(H2,12,16). The van der Waals surface area contributed by atoms with Gasteiger partial charge in [0, 0.05) is 39.8 Å². The lowest BCUT2D eigenvalue weighted by Gasteiger charge is -2.34. The first-order valence-electron chi connectivity index (χ1n) is 6.12. The Morgan fingerprint density at radius 2 is 2.00 bits per heavy atom. The van der Waals surface area contributed by atoms with E-state index in [1.165, 1.54) is 0 Å². The number of hydrogen-bond acceptors (Lipinski definition) is 4. The highest BCUT2D eigenvalue weighted by molar-refractivity contribution is 5.73. The molecule has 0 spiro atoms. The van der Waals surface area contributed by atoms with Gasteiger partial charge in [-0.05, 0) is 12.8 Å². The lowest BCUT2D eigenvalue weighted by Crippen LogP contribution is -2.48. The number of rotatable bonds is 4. The van der Waals surface area contributed by atoms with Gasteiger partial charge in [-0.1, -0.05) is 0 Å². The number of carbonyl (C=O) groups is 2. The molecule has 3 N–H and O–H groups in total. The number of amides is 3. The molecule has 1 aliphatic rings. The third-order valence-corrected chi connectivity index (χ3v) is 2.93. The molecule has 0 atom stereocenters. The molecule has 0 unspecified atom stereocenters. The van der Waals surface area contributed by atoms with Crippen molar-refractivity contribution in [2.24, 2.45) is 5.73 Å². The summed E-state index contributed by atoms with van der Waals surface area (Å²) in [5.74, 6) is 0. The number of primary amides is 1. The molecule has 0 aliphatic carbocycles. The molecule has 1 saturated heterocycles. The predicted molar refractivity (Wildman–Crippen MR) is 67.2 cm³/mol. The van der Waals surface area contributed by atoms with Crippen molar-refractivity contribution < 1.29 is 14.3 Å². The molecule has 18 heavy (non-hydrogen) atoms. The second-order valence-corrected chi connectivity index (χ2v) is 4.56. The molecule has 1 aliphatic heterocycles. The van der Waals surface area contributed by atoms with E-state index in [0.29, 0.717) is 12.6 Å². The Morgan fingerprint density at radius 3 is 2.50 bits per heavy atom. The van der Waals surface area contributed by atoms with Gasteiger partial charge >= 0.3 is 12.1 Å². The van der Waals surface area contributed by atoms with E-state index in [0.717, 1.165) is 25.9 Å². The summed E-state index contributed by atoms with van der Waals surface area (Å²) in [5, 5.41) is 3.28. The summed E-state index contributed by atoms with van der Waals surface area (Å²) < 4.78 is 4.63. The van der Waals surface area contributed by atoms with E-state index < -0.39 is 6.09 Å². The van der Waals surface area contributed by atoms with Gasteiger partial charge in [0.15, 0.2) is 0 Å². The lowest BCUT2D eigenvalue weighted by atomic mass is 10.1. The number of nitrogens with one attached hydrogen (secondary N) is 1. The molecule has 104 valence electrons. The minimum atomic E-state index is -0.747. The third kappa shape index (κ3) is 4.79. The Hall–Kier alpha value is -1.50. The van der Waals surface area contributed by atoms with Gasteiger partial charge in [-0.25, -0.2) is 9.59 Å². The summed E-state index contributed by atoms with van der Waals surface area (Å²) in [6.07, 6.45) is 1.08. The monoisotopic (exact) mass is 258 g/mol. The second kappa shape index (κ2) is 7.05. The molecule has 0 aromatic carbocycles. The molecule has 1 heterocycles. The van der Waals surface area contributed by atoms with Crippen molar-refractivity contribution in [3.63, 3.8) is 0 Å². The molecule has 7 heteroatoms. The van der Waals surface area contributed by atoms with Crippen LogP contribution in [0.3, 0.4) is 0 Å². The van der Waals surface area contributed by atoms with Gasteiger partial charge < -0.3 is 25.6 Å². The van der Waals surface area contributed by atoms with Gasteiger partial charge in [0.05, 0.1) is 0 Å². The Kier molecular flexibility index (Phi) is 5.70. The Balaban J connectivity index is 2.15. The maximum atomic E-state index is 11.7. The van der Waals surface area contributed by atoms with Gasteiger partial charge in [-0.3, -0.25) is 0 Å². The first-order chi connectivity index (χ1) is 8.50. The Labute approximate surface area is 107 Å². The van der Waals surface area contributed by atoms with Crippen molar-refractivity contribution in [3.05, 3.63) is 0 Å². The number of piperidine rings is 1. The highest BCUT2D eigenvalue weighted by Gasteiger charge is 2.23. The van der Waals surface area contributed by atoms with E-state index in [2.05, 4.69) is 10.1 Å². The number of nitrogens with zero attached hydrogens (tertiary/aromatic N) is 2. The highest BCUT2D eigenvalue weighted by atomic mass is 16.5. The van der Waals surface area contributed by atoms with Crippen LogP contribution in [0.1, 0.15) is 12.8 Å². The van der Waals surface area contributed by atoms with Crippen LogP contribution in [0.5, 0.6) is 0 Å². The van der Waals surface area contributed by atoms with Crippen LogP contribution >= 0.6 is 0 Å². The summed E-state index contributed by atoms with van der Waals surface area (Å²) in [7, 11) is 3.52. The minimum absolute atomic E-state index is 0.0607. The molecule has 1 rings (SSSR count). The summed E-state index contributed by atoms with van der Waals surface area (Å²) in [4.78, 5) is 25.5. The fraction of sp³-hybridized carbons (Fsp3) is 0.818. The van der Waals surface area contributed by atoms with Crippen LogP contribution in [0.2, 0.25) is 0 Å². The van der Waals surface area contributed by atoms with Crippen LogP contribution in [0.15, 0.2) is 0 Å². The maximum absolute atomic E-state index is 11.7. The number of ether oxygens (including phenoxy) is 1. The van der Waals surface area contributed by atoms with Gasteiger partial charge in [0.1, 0.15) is 6.61 Å². The largest absolute Gasteiger partial charge is 0.448 e.